The molecule has 1 aliphatic carbocycles. The molecule has 6 nitrogen and oxygen atoms in total. The van der Waals surface area contributed by atoms with Gasteiger partial charge >= 0.3 is 0 Å². The first-order chi connectivity index (χ1) is 11.6. The number of furan rings is 1. The second-order valence-electron chi connectivity index (χ2n) is 5.79. The molecule has 1 aliphatic rings. The molecular formula is C17H18BrN3O3. The fourth-order valence-electron chi connectivity index (χ4n) is 2.45. The first kappa shape index (κ1) is 16.7. The van der Waals surface area contributed by atoms with Crippen LogP contribution in [0.3, 0.4) is 0 Å². The largest absolute Gasteiger partial charge is 0.444 e. The van der Waals surface area contributed by atoms with Crippen LogP contribution in [0, 0.1) is 5.92 Å². The Morgan fingerprint density at radius 2 is 1.88 bits per heavy atom. The van der Waals surface area contributed by atoms with E-state index in [0.29, 0.717) is 28.4 Å². The zero-order valence-electron chi connectivity index (χ0n) is 12.9. The molecule has 0 aliphatic heterocycles. The summed E-state index contributed by atoms with van der Waals surface area (Å²) in [5, 5.41) is 5.67. The maximum absolute atomic E-state index is 12.2. The van der Waals surface area contributed by atoms with Gasteiger partial charge < -0.3 is 20.8 Å². The molecular weight excluding hydrogens is 374 g/mol. The lowest BCUT2D eigenvalue weighted by molar-refractivity contribution is 0.0933. The van der Waals surface area contributed by atoms with Gasteiger partial charge in [-0.05, 0) is 71.1 Å². The molecule has 1 fully saturated rings. The second kappa shape index (κ2) is 7.19. The van der Waals surface area contributed by atoms with E-state index in [1.807, 2.05) is 0 Å². The van der Waals surface area contributed by atoms with Crippen molar-refractivity contribution in [1.82, 2.24) is 5.32 Å². The summed E-state index contributed by atoms with van der Waals surface area (Å²) in [6, 6.07) is 9.96. The van der Waals surface area contributed by atoms with Crippen molar-refractivity contribution in [3.63, 3.8) is 0 Å². The lowest BCUT2D eigenvalue weighted by Crippen LogP contribution is -2.41. The number of anilines is 1. The van der Waals surface area contributed by atoms with Crippen molar-refractivity contribution < 1.29 is 14.0 Å². The van der Waals surface area contributed by atoms with E-state index in [1.165, 1.54) is 0 Å². The third-order valence-electron chi connectivity index (χ3n) is 3.96. The summed E-state index contributed by atoms with van der Waals surface area (Å²) < 4.78 is 5.68. The van der Waals surface area contributed by atoms with Crippen LogP contribution in [0.15, 0.2) is 45.5 Å². The minimum absolute atomic E-state index is 0.0364. The summed E-state index contributed by atoms with van der Waals surface area (Å²) in [6.45, 7) is 0.448. The predicted molar refractivity (Wildman–Crippen MR) is 93.8 cm³/mol. The van der Waals surface area contributed by atoms with Crippen molar-refractivity contribution in [1.29, 1.82) is 0 Å². The quantitative estimate of drug-likeness (QED) is 0.704. The molecule has 1 unspecified atom stereocenters. The summed E-state index contributed by atoms with van der Waals surface area (Å²) in [4.78, 5) is 24.2. The van der Waals surface area contributed by atoms with Crippen molar-refractivity contribution >= 4 is 33.4 Å². The summed E-state index contributed by atoms with van der Waals surface area (Å²) in [5.74, 6) is 0.212. The van der Waals surface area contributed by atoms with Crippen LogP contribution in [0.25, 0.3) is 0 Å². The van der Waals surface area contributed by atoms with Crippen LogP contribution in [0.2, 0.25) is 0 Å². The van der Waals surface area contributed by atoms with Gasteiger partial charge in [0, 0.05) is 23.8 Å². The van der Waals surface area contributed by atoms with Crippen molar-refractivity contribution in [2.24, 2.45) is 11.7 Å². The van der Waals surface area contributed by atoms with Crippen LogP contribution in [0.4, 0.5) is 5.69 Å². The Kier molecular flexibility index (Phi) is 5.01. The molecule has 1 aromatic heterocycles. The van der Waals surface area contributed by atoms with E-state index in [0.717, 1.165) is 12.8 Å². The van der Waals surface area contributed by atoms with E-state index in [4.69, 9.17) is 10.2 Å². The Morgan fingerprint density at radius 1 is 1.17 bits per heavy atom. The van der Waals surface area contributed by atoms with Crippen LogP contribution < -0.4 is 16.4 Å². The lowest BCUT2D eigenvalue weighted by atomic mass is 10.1. The Labute approximate surface area is 147 Å². The topological polar surface area (TPSA) is 97.4 Å². The van der Waals surface area contributed by atoms with Gasteiger partial charge in [-0.1, -0.05) is 0 Å². The van der Waals surface area contributed by atoms with Gasteiger partial charge in [0.15, 0.2) is 10.4 Å². The normalized spacial score (nSPS) is 14.9. The Balaban J connectivity index is 1.60. The summed E-state index contributed by atoms with van der Waals surface area (Å²) in [5.41, 5.74) is 6.82. The predicted octanol–water partition coefficient (Wildman–Crippen LogP) is 2.76. The van der Waals surface area contributed by atoms with Gasteiger partial charge in [0.2, 0.25) is 0 Å². The molecule has 1 heterocycles. The SMILES string of the molecule is NCC(NC(=O)c1ccc(NC(=O)c2ccc(Br)o2)cc1)C1CC1. The molecule has 126 valence electrons. The van der Waals surface area contributed by atoms with Crippen molar-refractivity contribution in [2.45, 2.75) is 18.9 Å². The average Bonchev–Trinajstić information content (AvgIpc) is 3.33. The van der Waals surface area contributed by atoms with Crippen molar-refractivity contribution in [3.8, 4) is 0 Å². The number of hydrogen-bond acceptors (Lipinski definition) is 4. The molecule has 0 radical (unpaired) electrons. The molecule has 0 saturated heterocycles. The highest BCUT2D eigenvalue weighted by atomic mass is 79.9. The van der Waals surface area contributed by atoms with Gasteiger partial charge in [-0.2, -0.15) is 0 Å². The van der Waals surface area contributed by atoms with Gasteiger partial charge in [0.05, 0.1) is 0 Å². The van der Waals surface area contributed by atoms with E-state index in [1.54, 1.807) is 36.4 Å². The minimum atomic E-state index is -0.352. The molecule has 1 aromatic carbocycles. The molecule has 4 N–H and O–H groups in total. The van der Waals surface area contributed by atoms with E-state index in [2.05, 4.69) is 26.6 Å². The third kappa shape index (κ3) is 4.04. The third-order valence-corrected chi connectivity index (χ3v) is 4.39. The molecule has 2 aromatic rings. The monoisotopic (exact) mass is 391 g/mol. The number of nitrogens with two attached hydrogens (primary N) is 1. The number of hydrogen-bond donors (Lipinski definition) is 3. The summed E-state index contributed by atoms with van der Waals surface area (Å²) in [7, 11) is 0. The fourth-order valence-corrected chi connectivity index (χ4v) is 2.76. The van der Waals surface area contributed by atoms with Crippen LogP contribution in [-0.2, 0) is 0 Å². The van der Waals surface area contributed by atoms with Crippen molar-refractivity contribution in [2.75, 3.05) is 11.9 Å². The van der Waals surface area contributed by atoms with Gasteiger partial charge in [-0.25, -0.2) is 0 Å². The first-order valence-electron chi connectivity index (χ1n) is 7.74. The number of halogens is 1. The van der Waals surface area contributed by atoms with E-state index in [9.17, 15) is 9.59 Å². The smallest absolute Gasteiger partial charge is 0.291 e. The van der Waals surface area contributed by atoms with Gasteiger partial charge in [0.1, 0.15) is 0 Å². The van der Waals surface area contributed by atoms with Crippen LogP contribution in [0.1, 0.15) is 33.8 Å². The highest BCUT2D eigenvalue weighted by molar-refractivity contribution is 9.10. The van der Waals surface area contributed by atoms with Gasteiger partial charge in [-0.15, -0.1) is 0 Å². The summed E-state index contributed by atoms with van der Waals surface area (Å²) in [6.07, 6.45) is 2.24. The summed E-state index contributed by atoms with van der Waals surface area (Å²) >= 11 is 3.15. The van der Waals surface area contributed by atoms with Crippen LogP contribution in [-0.4, -0.2) is 24.4 Å². The van der Waals surface area contributed by atoms with Gasteiger partial charge in [0.25, 0.3) is 11.8 Å². The average molecular weight is 392 g/mol. The number of carbonyl (C=O) groups excluding carboxylic acids is 2. The van der Waals surface area contributed by atoms with Crippen molar-refractivity contribution in [3.05, 3.63) is 52.4 Å². The van der Waals surface area contributed by atoms with Crippen LogP contribution in [0.5, 0.6) is 0 Å². The lowest BCUT2D eigenvalue weighted by Gasteiger charge is -2.16. The fraction of sp³-hybridized carbons (Fsp3) is 0.294. The minimum Gasteiger partial charge on any atom is -0.444 e. The molecule has 3 rings (SSSR count). The van der Waals surface area contributed by atoms with Crippen LogP contribution >= 0.6 is 15.9 Å². The molecule has 2 amide bonds. The number of benzene rings is 1. The molecule has 24 heavy (non-hydrogen) atoms. The van der Waals surface area contributed by atoms with E-state index in [-0.39, 0.29) is 23.6 Å². The number of carbonyl (C=O) groups is 2. The Hall–Kier alpha value is -2.12. The maximum atomic E-state index is 12.2. The number of nitrogens with one attached hydrogen (secondary N) is 2. The highest BCUT2D eigenvalue weighted by Crippen LogP contribution is 2.32. The van der Waals surface area contributed by atoms with E-state index >= 15 is 0 Å². The zero-order chi connectivity index (χ0) is 17.1. The maximum Gasteiger partial charge on any atom is 0.291 e. The second-order valence-corrected chi connectivity index (χ2v) is 6.57. The first-order valence-corrected chi connectivity index (χ1v) is 8.54. The number of rotatable bonds is 6. The molecule has 7 heteroatoms. The number of amides is 2. The molecule has 0 bridgehead atoms. The molecule has 1 saturated carbocycles. The van der Waals surface area contributed by atoms with Gasteiger partial charge in [-0.3, -0.25) is 9.59 Å². The van der Waals surface area contributed by atoms with E-state index < -0.39 is 0 Å². The standard InChI is InChI=1S/C17H18BrN3O3/c18-15-8-7-14(24-15)17(23)20-12-5-3-11(4-6-12)16(22)21-13(9-19)10-1-2-10/h3-8,10,13H,1-2,9,19H2,(H,20,23)(H,21,22). The molecule has 1 atom stereocenters. The molecule has 0 spiro atoms. The Morgan fingerprint density at radius 3 is 2.42 bits per heavy atom. The highest BCUT2D eigenvalue weighted by Gasteiger charge is 2.31. The Bertz CT molecular complexity index is 738. The zero-order valence-corrected chi connectivity index (χ0v) is 14.5.